The van der Waals surface area contributed by atoms with Crippen LogP contribution in [-0.2, 0) is 0 Å². The summed E-state index contributed by atoms with van der Waals surface area (Å²) in [5.74, 6) is 3.11. The number of aryl methyl sites for hydroxylation is 1. The summed E-state index contributed by atoms with van der Waals surface area (Å²) in [6.07, 6.45) is 1.16. The maximum absolute atomic E-state index is 12.1. The molecule has 3 heteroatoms. The van der Waals surface area contributed by atoms with E-state index >= 15 is 0 Å². The molecular formula is C15H22O2S. The minimum absolute atomic E-state index is 0.153. The molecule has 1 rings (SSSR count). The first kappa shape index (κ1) is 15.1. The van der Waals surface area contributed by atoms with E-state index in [4.69, 9.17) is 4.74 Å². The molecule has 0 atom stereocenters. The molecule has 0 fully saturated rings. The molecule has 0 N–H and O–H groups in total. The summed E-state index contributed by atoms with van der Waals surface area (Å²) in [6, 6.07) is 5.72. The molecule has 1 aromatic rings. The van der Waals surface area contributed by atoms with Gasteiger partial charge in [0.05, 0.1) is 18.4 Å². The van der Waals surface area contributed by atoms with E-state index in [0.29, 0.717) is 23.0 Å². The highest BCUT2D eigenvalue weighted by Gasteiger charge is 2.12. The zero-order valence-corrected chi connectivity index (χ0v) is 12.5. The Morgan fingerprint density at radius 3 is 2.72 bits per heavy atom. The standard InChI is InChI=1S/C15H22O2S/c1-11(2)7-8-18-10-14(16)13-6-5-12(3)9-15(13)17-4/h5-6,9,11H,7-8,10H2,1-4H3. The van der Waals surface area contributed by atoms with Crippen LogP contribution in [0.1, 0.15) is 36.2 Å². The van der Waals surface area contributed by atoms with Gasteiger partial charge in [-0.25, -0.2) is 0 Å². The SMILES string of the molecule is COc1cc(C)ccc1C(=O)CSCCC(C)C. The number of carbonyl (C=O) groups excluding carboxylic acids is 1. The van der Waals surface area contributed by atoms with Gasteiger partial charge in [0.1, 0.15) is 5.75 Å². The summed E-state index contributed by atoms with van der Waals surface area (Å²) in [7, 11) is 1.61. The maximum Gasteiger partial charge on any atom is 0.176 e. The van der Waals surface area contributed by atoms with Gasteiger partial charge in [0.2, 0.25) is 0 Å². The van der Waals surface area contributed by atoms with Crippen LogP contribution in [0.3, 0.4) is 0 Å². The quantitative estimate of drug-likeness (QED) is 0.552. The van der Waals surface area contributed by atoms with Gasteiger partial charge >= 0.3 is 0 Å². The van der Waals surface area contributed by atoms with Crippen LogP contribution in [0.15, 0.2) is 18.2 Å². The lowest BCUT2D eigenvalue weighted by Gasteiger charge is -2.09. The van der Waals surface area contributed by atoms with Gasteiger partial charge in [0, 0.05) is 0 Å². The lowest BCUT2D eigenvalue weighted by molar-refractivity contribution is 0.101. The smallest absolute Gasteiger partial charge is 0.176 e. The van der Waals surface area contributed by atoms with Crippen molar-refractivity contribution in [3.05, 3.63) is 29.3 Å². The number of carbonyl (C=O) groups is 1. The van der Waals surface area contributed by atoms with Crippen LogP contribution in [0, 0.1) is 12.8 Å². The second-order valence-electron chi connectivity index (χ2n) is 4.86. The first-order chi connectivity index (χ1) is 8.54. The largest absolute Gasteiger partial charge is 0.496 e. The molecule has 0 saturated heterocycles. The van der Waals surface area contributed by atoms with Crippen molar-refractivity contribution in [1.82, 2.24) is 0 Å². The Labute approximate surface area is 114 Å². The van der Waals surface area contributed by atoms with Gasteiger partial charge in [-0.3, -0.25) is 4.79 Å². The Balaban J connectivity index is 2.56. The Bertz CT molecular complexity index is 399. The van der Waals surface area contributed by atoms with Crippen molar-refractivity contribution in [2.75, 3.05) is 18.6 Å². The Morgan fingerprint density at radius 2 is 2.11 bits per heavy atom. The van der Waals surface area contributed by atoms with Gasteiger partial charge in [0.25, 0.3) is 0 Å². The van der Waals surface area contributed by atoms with Crippen LogP contribution in [-0.4, -0.2) is 24.4 Å². The Hall–Kier alpha value is -0.960. The van der Waals surface area contributed by atoms with Gasteiger partial charge in [-0.15, -0.1) is 0 Å². The number of ether oxygens (including phenoxy) is 1. The van der Waals surface area contributed by atoms with Crippen LogP contribution < -0.4 is 4.74 Å². The van der Waals surface area contributed by atoms with Gasteiger partial charge in [-0.2, -0.15) is 11.8 Å². The molecule has 100 valence electrons. The van der Waals surface area contributed by atoms with Crippen LogP contribution in [0.25, 0.3) is 0 Å². The third-order valence-corrected chi connectivity index (χ3v) is 3.72. The van der Waals surface area contributed by atoms with Crippen LogP contribution in [0.4, 0.5) is 0 Å². The molecule has 0 radical (unpaired) electrons. The molecule has 2 nitrogen and oxygen atoms in total. The molecule has 0 heterocycles. The lowest BCUT2D eigenvalue weighted by Crippen LogP contribution is -2.06. The van der Waals surface area contributed by atoms with E-state index in [0.717, 1.165) is 17.7 Å². The Morgan fingerprint density at radius 1 is 1.39 bits per heavy atom. The van der Waals surface area contributed by atoms with E-state index in [2.05, 4.69) is 13.8 Å². The second kappa shape index (κ2) is 7.47. The highest BCUT2D eigenvalue weighted by atomic mass is 32.2. The number of hydrogen-bond acceptors (Lipinski definition) is 3. The normalized spacial score (nSPS) is 10.7. The molecular weight excluding hydrogens is 244 g/mol. The predicted octanol–water partition coefficient (Wildman–Crippen LogP) is 3.97. The van der Waals surface area contributed by atoms with Gasteiger partial charge in [0.15, 0.2) is 5.78 Å². The summed E-state index contributed by atoms with van der Waals surface area (Å²) < 4.78 is 5.26. The monoisotopic (exact) mass is 266 g/mol. The number of rotatable bonds is 7. The van der Waals surface area contributed by atoms with Crippen molar-refractivity contribution < 1.29 is 9.53 Å². The van der Waals surface area contributed by atoms with Gasteiger partial charge < -0.3 is 4.74 Å². The van der Waals surface area contributed by atoms with Crippen molar-refractivity contribution in [2.45, 2.75) is 27.2 Å². The van der Waals surface area contributed by atoms with Crippen molar-refractivity contribution in [3.63, 3.8) is 0 Å². The van der Waals surface area contributed by atoms with Gasteiger partial charge in [-0.05, 0) is 42.7 Å². The van der Waals surface area contributed by atoms with E-state index in [1.54, 1.807) is 18.9 Å². The summed E-state index contributed by atoms with van der Waals surface area (Å²) in [5.41, 5.74) is 1.80. The summed E-state index contributed by atoms with van der Waals surface area (Å²) in [4.78, 5) is 12.1. The molecule has 1 aromatic carbocycles. The molecule has 0 aliphatic carbocycles. The number of hydrogen-bond donors (Lipinski definition) is 0. The predicted molar refractivity (Wildman–Crippen MR) is 78.8 cm³/mol. The molecule has 0 aliphatic heterocycles. The average molecular weight is 266 g/mol. The zero-order valence-electron chi connectivity index (χ0n) is 11.7. The average Bonchev–Trinajstić information content (AvgIpc) is 2.33. The first-order valence-corrected chi connectivity index (χ1v) is 7.45. The molecule has 0 amide bonds. The first-order valence-electron chi connectivity index (χ1n) is 6.30. The minimum Gasteiger partial charge on any atom is -0.496 e. The van der Waals surface area contributed by atoms with E-state index in [1.165, 1.54) is 0 Å². The van der Waals surface area contributed by atoms with Crippen LogP contribution in [0.2, 0.25) is 0 Å². The number of Topliss-reactive ketones (excluding diaryl/α,β-unsaturated/α-hetero) is 1. The summed E-state index contributed by atoms with van der Waals surface area (Å²) in [5, 5.41) is 0. The lowest BCUT2D eigenvalue weighted by atomic mass is 10.1. The van der Waals surface area contributed by atoms with Crippen molar-refractivity contribution in [2.24, 2.45) is 5.92 Å². The third-order valence-electron chi connectivity index (χ3n) is 2.73. The fraction of sp³-hybridized carbons (Fsp3) is 0.533. The summed E-state index contributed by atoms with van der Waals surface area (Å²) in [6.45, 7) is 6.39. The van der Waals surface area contributed by atoms with Gasteiger partial charge in [-0.1, -0.05) is 19.9 Å². The van der Waals surface area contributed by atoms with E-state index < -0.39 is 0 Å². The van der Waals surface area contributed by atoms with Crippen LogP contribution in [0.5, 0.6) is 5.75 Å². The minimum atomic E-state index is 0.153. The van der Waals surface area contributed by atoms with E-state index in [9.17, 15) is 4.79 Å². The fourth-order valence-corrected chi connectivity index (χ4v) is 2.71. The number of ketones is 1. The maximum atomic E-state index is 12.1. The van der Waals surface area contributed by atoms with Crippen molar-refractivity contribution in [1.29, 1.82) is 0 Å². The van der Waals surface area contributed by atoms with E-state index in [1.807, 2.05) is 25.1 Å². The Kier molecular flexibility index (Phi) is 6.27. The molecule has 18 heavy (non-hydrogen) atoms. The number of methoxy groups -OCH3 is 1. The third kappa shape index (κ3) is 4.73. The molecule has 0 aromatic heterocycles. The van der Waals surface area contributed by atoms with Crippen molar-refractivity contribution >= 4 is 17.5 Å². The van der Waals surface area contributed by atoms with Crippen molar-refractivity contribution in [3.8, 4) is 5.75 Å². The number of thioether (sulfide) groups is 1. The molecule has 0 bridgehead atoms. The zero-order chi connectivity index (χ0) is 13.5. The highest BCUT2D eigenvalue weighted by Crippen LogP contribution is 2.22. The number of benzene rings is 1. The fourth-order valence-electron chi connectivity index (χ4n) is 1.59. The molecule has 0 unspecified atom stereocenters. The van der Waals surface area contributed by atoms with E-state index in [-0.39, 0.29) is 5.78 Å². The molecule has 0 saturated carbocycles. The topological polar surface area (TPSA) is 26.3 Å². The highest BCUT2D eigenvalue weighted by molar-refractivity contribution is 7.99. The van der Waals surface area contributed by atoms with Crippen LogP contribution >= 0.6 is 11.8 Å². The molecule has 0 spiro atoms. The summed E-state index contributed by atoms with van der Waals surface area (Å²) >= 11 is 1.70. The molecule has 0 aliphatic rings. The second-order valence-corrected chi connectivity index (χ2v) is 5.97.